The molecule has 0 amide bonds. The Morgan fingerprint density at radius 1 is 1.33 bits per heavy atom. The van der Waals surface area contributed by atoms with Gasteiger partial charge in [0.15, 0.2) is 11.6 Å². The number of nitrogens with zero attached hydrogens (tertiary/aromatic N) is 1. The standard InChI is InChI=1S/C13H15FN2O2/c1-7(2)13-9(10-6-12(15)16-18-10)4-8(14)5-11(13)17-3/h4-7H,1-3H3,(H2,15,16). The fourth-order valence-corrected chi connectivity index (χ4v) is 1.98. The molecule has 0 bridgehead atoms. The van der Waals surface area contributed by atoms with E-state index in [-0.39, 0.29) is 17.6 Å². The number of aromatic nitrogens is 1. The van der Waals surface area contributed by atoms with Crippen molar-refractivity contribution in [2.24, 2.45) is 0 Å². The molecule has 1 heterocycles. The number of ether oxygens (including phenoxy) is 1. The number of benzene rings is 1. The van der Waals surface area contributed by atoms with Crippen LogP contribution < -0.4 is 10.5 Å². The first kappa shape index (κ1) is 12.4. The molecule has 0 unspecified atom stereocenters. The van der Waals surface area contributed by atoms with Crippen molar-refractivity contribution in [1.82, 2.24) is 5.16 Å². The van der Waals surface area contributed by atoms with Gasteiger partial charge in [0.1, 0.15) is 11.6 Å². The van der Waals surface area contributed by atoms with Crippen molar-refractivity contribution in [2.45, 2.75) is 19.8 Å². The summed E-state index contributed by atoms with van der Waals surface area (Å²) < 4.78 is 23.9. The minimum atomic E-state index is -0.388. The summed E-state index contributed by atoms with van der Waals surface area (Å²) >= 11 is 0. The largest absolute Gasteiger partial charge is 0.496 e. The van der Waals surface area contributed by atoms with Crippen LogP contribution in [-0.4, -0.2) is 12.3 Å². The van der Waals surface area contributed by atoms with E-state index in [2.05, 4.69) is 5.16 Å². The Morgan fingerprint density at radius 3 is 2.56 bits per heavy atom. The van der Waals surface area contributed by atoms with Crippen molar-refractivity contribution >= 4 is 5.82 Å². The van der Waals surface area contributed by atoms with Crippen molar-refractivity contribution in [3.8, 4) is 17.1 Å². The molecule has 1 aromatic carbocycles. The first-order valence-electron chi connectivity index (χ1n) is 5.63. The fourth-order valence-electron chi connectivity index (χ4n) is 1.98. The summed E-state index contributed by atoms with van der Waals surface area (Å²) in [6.07, 6.45) is 0. The molecular weight excluding hydrogens is 235 g/mol. The van der Waals surface area contributed by atoms with E-state index >= 15 is 0 Å². The van der Waals surface area contributed by atoms with Crippen LogP contribution in [0.1, 0.15) is 25.3 Å². The van der Waals surface area contributed by atoms with Gasteiger partial charge in [0, 0.05) is 23.3 Å². The lowest BCUT2D eigenvalue weighted by molar-refractivity contribution is 0.402. The lowest BCUT2D eigenvalue weighted by Gasteiger charge is -2.15. The predicted octanol–water partition coefficient (Wildman–Crippen LogP) is 3.19. The molecule has 2 rings (SSSR count). The van der Waals surface area contributed by atoms with Gasteiger partial charge in [-0.15, -0.1) is 0 Å². The molecule has 96 valence electrons. The second-order valence-corrected chi connectivity index (χ2v) is 4.34. The molecule has 2 N–H and O–H groups in total. The Kier molecular flexibility index (Phi) is 3.23. The molecule has 0 atom stereocenters. The Bertz CT molecular complexity index is 564. The summed E-state index contributed by atoms with van der Waals surface area (Å²) in [7, 11) is 1.51. The van der Waals surface area contributed by atoms with Crippen LogP contribution >= 0.6 is 0 Å². The van der Waals surface area contributed by atoms with Gasteiger partial charge >= 0.3 is 0 Å². The summed E-state index contributed by atoms with van der Waals surface area (Å²) in [5, 5.41) is 3.62. The van der Waals surface area contributed by atoms with Crippen LogP contribution in [0.5, 0.6) is 5.75 Å². The molecule has 4 nitrogen and oxygen atoms in total. The summed E-state index contributed by atoms with van der Waals surface area (Å²) in [6.45, 7) is 4.00. The normalized spacial score (nSPS) is 10.9. The maximum atomic E-state index is 13.6. The number of rotatable bonds is 3. The van der Waals surface area contributed by atoms with Crippen LogP contribution in [0, 0.1) is 5.82 Å². The van der Waals surface area contributed by atoms with Crippen molar-refractivity contribution < 1.29 is 13.7 Å². The Labute approximate surface area is 105 Å². The van der Waals surface area contributed by atoms with Gasteiger partial charge < -0.3 is 15.0 Å². The van der Waals surface area contributed by atoms with E-state index in [0.717, 1.165) is 5.56 Å². The van der Waals surface area contributed by atoms with Crippen molar-refractivity contribution in [3.05, 3.63) is 29.6 Å². The average Bonchev–Trinajstić information content (AvgIpc) is 2.74. The highest BCUT2D eigenvalue weighted by molar-refractivity contribution is 5.68. The third kappa shape index (κ3) is 2.16. The van der Waals surface area contributed by atoms with Gasteiger partial charge in [0.25, 0.3) is 0 Å². The molecule has 2 aromatic rings. The number of nitrogens with two attached hydrogens (primary N) is 1. The smallest absolute Gasteiger partial charge is 0.169 e. The van der Waals surface area contributed by atoms with E-state index < -0.39 is 0 Å². The zero-order valence-corrected chi connectivity index (χ0v) is 10.5. The number of nitrogen functional groups attached to an aromatic ring is 1. The molecular formula is C13H15FN2O2. The lowest BCUT2D eigenvalue weighted by Crippen LogP contribution is -1.98. The third-order valence-electron chi connectivity index (χ3n) is 2.70. The van der Waals surface area contributed by atoms with Gasteiger partial charge in [0.2, 0.25) is 0 Å². The molecule has 0 aliphatic rings. The minimum absolute atomic E-state index is 0.155. The zero-order valence-electron chi connectivity index (χ0n) is 10.5. The number of halogens is 1. The summed E-state index contributed by atoms with van der Waals surface area (Å²) in [6, 6.07) is 4.33. The van der Waals surface area contributed by atoms with Crippen LogP contribution in [0.3, 0.4) is 0 Å². The molecule has 0 saturated heterocycles. The first-order valence-corrected chi connectivity index (χ1v) is 5.63. The summed E-state index contributed by atoms with van der Waals surface area (Å²) in [5.74, 6) is 0.968. The van der Waals surface area contributed by atoms with E-state index in [1.807, 2.05) is 13.8 Å². The van der Waals surface area contributed by atoms with Gasteiger partial charge in [-0.25, -0.2) is 4.39 Å². The maximum absolute atomic E-state index is 13.6. The van der Waals surface area contributed by atoms with Gasteiger partial charge in [-0.05, 0) is 12.0 Å². The van der Waals surface area contributed by atoms with E-state index in [1.54, 1.807) is 6.07 Å². The monoisotopic (exact) mass is 250 g/mol. The first-order chi connectivity index (χ1) is 8.52. The van der Waals surface area contributed by atoms with E-state index in [4.69, 9.17) is 15.0 Å². The highest BCUT2D eigenvalue weighted by Gasteiger charge is 2.19. The van der Waals surface area contributed by atoms with Gasteiger partial charge in [-0.2, -0.15) is 0 Å². The SMILES string of the molecule is COc1cc(F)cc(-c2cc(N)no2)c1C(C)C. The average molecular weight is 250 g/mol. The van der Waals surface area contributed by atoms with E-state index in [1.165, 1.54) is 19.2 Å². The quantitative estimate of drug-likeness (QED) is 0.908. The van der Waals surface area contributed by atoms with Crippen molar-refractivity contribution in [1.29, 1.82) is 0 Å². The van der Waals surface area contributed by atoms with E-state index in [0.29, 0.717) is 17.1 Å². The van der Waals surface area contributed by atoms with Gasteiger partial charge in [-0.1, -0.05) is 19.0 Å². The molecule has 0 radical (unpaired) electrons. The molecule has 0 aliphatic carbocycles. The fraction of sp³-hybridized carbons (Fsp3) is 0.308. The molecule has 0 saturated carbocycles. The minimum Gasteiger partial charge on any atom is -0.496 e. The van der Waals surface area contributed by atoms with Crippen LogP contribution in [0.15, 0.2) is 22.7 Å². The number of anilines is 1. The number of hydrogen-bond acceptors (Lipinski definition) is 4. The zero-order chi connectivity index (χ0) is 13.3. The third-order valence-corrected chi connectivity index (χ3v) is 2.70. The summed E-state index contributed by atoms with van der Waals surface area (Å²) in [4.78, 5) is 0. The highest BCUT2D eigenvalue weighted by Crippen LogP contribution is 2.37. The van der Waals surface area contributed by atoms with Gasteiger partial charge in [-0.3, -0.25) is 0 Å². The van der Waals surface area contributed by atoms with Crippen LogP contribution in [0.25, 0.3) is 11.3 Å². The van der Waals surface area contributed by atoms with Crippen molar-refractivity contribution in [2.75, 3.05) is 12.8 Å². The highest BCUT2D eigenvalue weighted by atomic mass is 19.1. The second-order valence-electron chi connectivity index (χ2n) is 4.34. The number of methoxy groups -OCH3 is 1. The van der Waals surface area contributed by atoms with Crippen LogP contribution in [0.2, 0.25) is 0 Å². The van der Waals surface area contributed by atoms with Gasteiger partial charge in [0.05, 0.1) is 7.11 Å². The van der Waals surface area contributed by atoms with E-state index in [9.17, 15) is 4.39 Å². The molecule has 18 heavy (non-hydrogen) atoms. The summed E-state index contributed by atoms with van der Waals surface area (Å²) in [5.41, 5.74) is 7.01. The molecule has 0 aliphatic heterocycles. The lowest BCUT2D eigenvalue weighted by atomic mass is 9.94. The Hall–Kier alpha value is -2.04. The van der Waals surface area contributed by atoms with Crippen LogP contribution in [0.4, 0.5) is 10.2 Å². The van der Waals surface area contributed by atoms with Crippen molar-refractivity contribution in [3.63, 3.8) is 0 Å². The molecule has 0 spiro atoms. The predicted molar refractivity (Wildman–Crippen MR) is 67.0 cm³/mol. The second kappa shape index (κ2) is 4.68. The molecule has 1 aromatic heterocycles. The van der Waals surface area contributed by atoms with Crippen LogP contribution in [-0.2, 0) is 0 Å². The Balaban J connectivity index is 2.68. The molecule has 5 heteroatoms. The topological polar surface area (TPSA) is 61.3 Å². The molecule has 0 fully saturated rings. The number of hydrogen-bond donors (Lipinski definition) is 1. The Morgan fingerprint density at radius 2 is 2.06 bits per heavy atom. The maximum Gasteiger partial charge on any atom is 0.169 e.